The van der Waals surface area contributed by atoms with E-state index in [1.807, 2.05) is 24.3 Å². The molecule has 0 radical (unpaired) electrons. The summed E-state index contributed by atoms with van der Waals surface area (Å²) in [5.41, 5.74) is 1.55. The van der Waals surface area contributed by atoms with Gasteiger partial charge in [-0.15, -0.1) is 10.2 Å². The van der Waals surface area contributed by atoms with Gasteiger partial charge in [0.15, 0.2) is 5.69 Å². The quantitative estimate of drug-likeness (QED) is 0.447. The molecule has 0 unspecified atom stereocenters. The average molecular weight is 444 g/mol. The Bertz CT molecular complexity index is 1040. The van der Waals surface area contributed by atoms with Crippen molar-refractivity contribution < 1.29 is 19.4 Å². The first-order valence-electron chi connectivity index (χ1n) is 8.64. The number of carbonyl (C=O) groups excluding carboxylic acids is 2. The van der Waals surface area contributed by atoms with E-state index in [1.165, 1.54) is 4.57 Å². The number of carbonyl (C=O) groups is 2. The van der Waals surface area contributed by atoms with Crippen LogP contribution in [0.25, 0.3) is 10.9 Å². The molecule has 0 spiro atoms. The van der Waals surface area contributed by atoms with Gasteiger partial charge in [-0.1, -0.05) is 46.3 Å². The Morgan fingerprint density at radius 2 is 1.86 bits per heavy atom. The monoisotopic (exact) mass is 443 g/mol. The Hall–Kier alpha value is -3.00. The van der Waals surface area contributed by atoms with Crippen LogP contribution < -0.4 is 0 Å². The first kappa shape index (κ1) is 19.8. The lowest BCUT2D eigenvalue weighted by atomic mass is 10.1. The number of hydrogen-bond acceptors (Lipinski definition) is 5. The van der Waals surface area contributed by atoms with E-state index in [1.54, 1.807) is 31.2 Å². The fourth-order valence-corrected chi connectivity index (χ4v) is 3.05. The summed E-state index contributed by atoms with van der Waals surface area (Å²) in [6.07, 6.45) is 0.0962. The SMILES string of the molecule is CCOC(=O)Cn1c(O)c(N=NC(=O)Cc2ccc(Br)cc2)c2ccccc21. The molecule has 1 heterocycles. The smallest absolute Gasteiger partial charge is 0.326 e. The van der Waals surface area contributed by atoms with Crippen LogP contribution in [0.4, 0.5) is 5.69 Å². The molecule has 0 bridgehead atoms. The highest BCUT2D eigenvalue weighted by molar-refractivity contribution is 9.10. The van der Waals surface area contributed by atoms with E-state index in [4.69, 9.17) is 4.74 Å². The Kier molecular flexibility index (Phi) is 6.20. The molecule has 0 aliphatic rings. The third-order valence-electron chi connectivity index (χ3n) is 4.04. The van der Waals surface area contributed by atoms with Crippen molar-refractivity contribution in [2.75, 3.05) is 6.61 Å². The number of ether oxygens (including phenoxy) is 1. The maximum atomic E-state index is 12.2. The second kappa shape index (κ2) is 8.79. The number of esters is 1. The molecule has 144 valence electrons. The van der Waals surface area contributed by atoms with Crippen LogP contribution in [-0.4, -0.2) is 28.2 Å². The summed E-state index contributed by atoms with van der Waals surface area (Å²) >= 11 is 3.34. The van der Waals surface area contributed by atoms with Crippen molar-refractivity contribution in [1.29, 1.82) is 0 Å². The number of aromatic nitrogens is 1. The first-order chi connectivity index (χ1) is 13.5. The lowest BCUT2D eigenvalue weighted by Crippen LogP contribution is -2.12. The van der Waals surface area contributed by atoms with E-state index >= 15 is 0 Å². The Labute approximate surface area is 169 Å². The number of rotatable bonds is 6. The van der Waals surface area contributed by atoms with Crippen molar-refractivity contribution in [1.82, 2.24) is 4.57 Å². The van der Waals surface area contributed by atoms with Crippen LogP contribution in [0.2, 0.25) is 0 Å². The van der Waals surface area contributed by atoms with Crippen LogP contribution in [0.15, 0.2) is 63.2 Å². The molecule has 3 aromatic rings. The molecule has 28 heavy (non-hydrogen) atoms. The van der Waals surface area contributed by atoms with Gasteiger partial charge in [0.1, 0.15) is 6.54 Å². The van der Waals surface area contributed by atoms with Crippen LogP contribution in [0.1, 0.15) is 12.5 Å². The lowest BCUT2D eigenvalue weighted by molar-refractivity contribution is -0.143. The van der Waals surface area contributed by atoms with Crippen LogP contribution in [-0.2, 0) is 27.3 Å². The fourth-order valence-electron chi connectivity index (χ4n) is 2.78. The van der Waals surface area contributed by atoms with Gasteiger partial charge in [0.05, 0.1) is 18.5 Å². The molecule has 0 fully saturated rings. The number of aromatic hydroxyl groups is 1. The van der Waals surface area contributed by atoms with E-state index in [9.17, 15) is 14.7 Å². The Morgan fingerprint density at radius 3 is 2.57 bits per heavy atom. The number of halogens is 1. The third-order valence-corrected chi connectivity index (χ3v) is 4.57. The fraction of sp³-hybridized carbons (Fsp3) is 0.200. The minimum Gasteiger partial charge on any atom is -0.493 e. The molecule has 3 rings (SSSR count). The molecule has 0 saturated heterocycles. The van der Waals surface area contributed by atoms with Crippen molar-refractivity contribution in [3.8, 4) is 5.88 Å². The molecule has 1 aromatic heterocycles. The van der Waals surface area contributed by atoms with Gasteiger partial charge in [-0.2, -0.15) is 0 Å². The van der Waals surface area contributed by atoms with E-state index in [2.05, 4.69) is 26.2 Å². The van der Waals surface area contributed by atoms with Crippen molar-refractivity contribution in [3.63, 3.8) is 0 Å². The predicted molar refractivity (Wildman–Crippen MR) is 108 cm³/mol. The number of nitrogens with zero attached hydrogens (tertiary/aromatic N) is 3. The van der Waals surface area contributed by atoms with Crippen molar-refractivity contribution in [2.45, 2.75) is 19.9 Å². The van der Waals surface area contributed by atoms with Gasteiger partial charge in [0, 0.05) is 9.86 Å². The topological polar surface area (TPSA) is 93.2 Å². The summed E-state index contributed by atoms with van der Waals surface area (Å²) in [5, 5.41) is 18.8. The predicted octanol–water partition coefficient (Wildman–Crippen LogP) is 4.53. The highest BCUT2D eigenvalue weighted by Crippen LogP contribution is 2.38. The van der Waals surface area contributed by atoms with Gasteiger partial charge < -0.3 is 9.84 Å². The third kappa shape index (κ3) is 4.45. The normalized spacial score (nSPS) is 11.2. The summed E-state index contributed by atoms with van der Waals surface area (Å²) in [4.78, 5) is 24.0. The molecule has 8 heteroatoms. The Balaban J connectivity index is 1.86. The van der Waals surface area contributed by atoms with Gasteiger partial charge in [-0.05, 0) is 30.7 Å². The molecule has 7 nitrogen and oxygen atoms in total. The van der Waals surface area contributed by atoms with Crippen molar-refractivity contribution in [2.24, 2.45) is 10.2 Å². The van der Waals surface area contributed by atoms with Gasteiger partial charge in [0.2, 0.25) is 5.88 Å². The first-order valence-corrected chi connectivity index (χ1v) is 9.43. The lowest BCUT2D eigenvalue weighted by Gasteiger charge is -2.06. The second-order valence-electron chi connectivity index (χ2n) is 5.98. The van der Waals surface area contributed by atoms with Gasteiger partial charge in [-0.3, -0.25) is 14.2 Å². The zero-order valence-electron chi connectivity index (χ0n) is 15.1. The van der Waals surface area contributed by atoms with Crippen molar-refractivity contribution >= 4 is 44.4 Å². The molecule has 0 saturated carbocycles. The summed E-state index contributed by atoms with van der Waals surface area (Å²) in [5.74, 6) is -1.16. The Morgan fingerprint density at radius 1 is 1.14 bits per heavy atom. The molecule has 0 aliphatic heterocycles. The molecule has 0 aliphatic carbocycles. The maximum Gasteiger partial charge on any atom is 0.326 e. The van der Waals surface area contributed by atoms with Crippen molar-refractivity contribution in [3.05, 3.63) is 58.6 Å². The van der Waals surface area contributed by atoms with Gasteiger partial charge in [0.25, 0.3) is 5.91 Å². The number of fused-ring (bicyclic) bond motifs is 1. The van der Waals surface area contributed by atoms with E-state index in [-0.39, 0.29) is 31.1 Å². The molecule has 1 N–H and O–H groups in total. The zero-order valence-corrected chi connectivity index (χ0v) is 16.7. The minimum atomic E-state index is -0.478. The minimum absolute atomic E-state index is 0.0962. The highest BCUT2D eigenvalue weighted by atomic mass is 79.9. The van der Waals surface area contributed by atoms with Gasteiger partial charge in [-0.25, -0.2) is 0 Å². The number of para-hydroxylation sites is 1. The van der Waals surface area contributed by atoms with Crippen LogP contribution in [0.3, 0.4) is 0 Å². The largest absolute Gasteiger partial charge is 0.493 e. The summed E-state index contributed by atoms with van der Waals surface area (Å²) < 4.78 is 7.26. The van der Waals surface area contributed by atoms with Crippen LogP contribution in [0, 0.1) is 0 Å². The standard InChI is InChI=1S/C20H18BrN3O4/c1-2-28-18(26)12-24-16-6-4-3-5-15(16)19(20(24)27)23-22-17(25)11-13-7-9-14(21)10-8-13/h3-10,27H,2,11-12H2,1H3. The molecule has 2 aromatic carbocycles. The summed E-state index contributed by atoms with van der Waals surface area (Å²) in [6.45, 7) is 1.79. The van der Waals surface area contributed by atoms with E-state index in [0.717, 1.165) is 10.0 Å². The molecule has 0 atom stereocenters. The van der Waals surface area contributed by atoms with E-state index < -0.39 is 11.9 Å². The van der Waals surface area contributed by atoms with Crippen LogP contribution in [0.5, 0.6) is 5.88 Å². The zero-order chi connectivity index (χ0) is 20.1. The number of amides is 1. The average Bonchev–Trinajstić information content (AvgIpc) is 2.94. The number of hydrogen-bond donors (Lipinski definition) is 1. The molecule has 1 amide bonds. The highest BCUT2D eigenvalue weighted by Gasteiger charge is 2.19. The summed E-state index contributed by atoms with van der Waals surface area (Å²) in [6, 6.07) is 14.4. The van der Waals surface area contributed by atoms with E-state index in [0.29, 0.717) is 10.9 Å². The summed E-state index contributed by atoms with van der Waals surface area (Å²) in [7, 11) is 0. The molecular formula is C20H18BrN3O4. The second-order valence-corrected chi connectivity index (χ2v) is 6.89. The number of azo groups is 1. The number of benzene rings is 2. The molecular weight excluding hydrogens is 426 g/mol. The van der Waals surface area contributed by atoms with Crippen LogP contribution >= 0.6 is 15.9 Å². The van der Waals surface area contributed by atoms with Gasteiger partial charge >= 0.3 is 5.97 Å². The maximum absolute atomic E-state index is 12.2.